The molecule has 0 radical (unpaired) electrons. The molecule has 1 amide bonds. The lowest BCUT2D eigenvalue weighted by Crippen LogP contribution is -2.20. The highest BCUT2D eigenvalue weighted by atomic mass is 16.4. The molecule has 0 saturated heterocycles. The van der Waals surface area contributed by atoms with Crippen molar-refractivity contribution in [3.8, 4) is 11.1 Å². The van der Waals surface area contributed by atoms with Gasteiger partial charge in [-0.3, -0.25) is 4.79 Å². The maximum atomic E-state index is 12.3. The van der Waals surface area contributed by atoms with Gasteiger partial charge in [-0.25, -0.2) is 9.78 Å². The third kappa shape index (κ3) is 2.79. The van der Waals surface area contributed by atoms with E-state index >= 15 is 0 Å². The first-order chi connectivity index (χ1) is 12.5. The van der Waals surface area contributed by atoms with Crippen molar-refractivity contribution >= 4 is 27.9 Å². The molecule has 7 heteroatoms. The zero-order chi connectivity index (χ0) is 18.3. The lowest BCUT2D eigenvalue weighted by atomic mass is 10.0. The maximum absolute atomic E-state index is 12.3. The van der Waals surface area contributed by atoms with Crippen LogP contribution in [0.1, 0.15) is 5.82 Å². The monoisotopic (exact) mass is 348 g/mol. The van der Waals surface area contributed by atoms with E-state index in [1.807, 2.05) is 42.5 Å². The number of hydrogen-bond acceptors (Lipinski definition) is 3. The van der Waals surface area contributed by atoms with E-state index in [1.165, 1.54) is 0 Å². The summed E-state index contributed by atoms with van der Waals surface area (Å²) in [7, 11) is 1.73. The fourth-order valence-electron chi connectivity index (χ4n) is 3.00. The van der Waals surface area contributed by atoms with Gasteiger partial charge in [0.1, 0.15) is 5.82 Å². The van der Waals surface area contributed by atoms with Crippen LogP contribution in [0.5, 0.6) is 0 Å². The molecule has 0 aliphatic rings. The van der Waals surface area contributed by atoms with Crippen LogP contribution in [0.3, 0.4) is 0 Å². The summed E-state index contributed by atoms with van der Waals surface area (Å²) in [4.78, 5) is 30.4. The molecule has 3 N–H and O–H groups in total. The zero-order valence-corrected chi connectivity index (χ0v) is 14.0. The van der Waals surface area contributed by atoms with Gasteiger partial charge in [-0.1, -0.05) is 18.2 Å². The van der Waals surface area contributed by atoms with Crippen molar-refractivity contribution in [1.29, 1.82) is 0 Å². The van der Waals surface area contributed by atoms with E-state index in [0.717, 1.165) is 27.5 Å². The molecule has 0 unspecified atom stereocenters. The number of nitrogens with one attached hydrogen (secondary N) is 2. The minimum atomic E-state index is -1.09. The molecule has 2 aromatic heterocycles. The number of fused-ring (bicyclic) bond motifs is 2. The topological polar surface area (TPSA) is 100 Å². The first-order valence-electron chi connectivity index (χ1n) is 8.06. The van der Waals surface area contributed by atoms with Gasteiger partial charge >= 0.3 is 6.09 Å². The lowest BCUT2D eigenvalue weighted by Gasteiger charge is -2.05. The first kappa shape index (κ1) is 15.9. The second-order valence-electron chi connectivity index (χ2n) is 6.11. The van der Waals surface area contributed by atoms with Crippen LogP contribution in [0.15, 0.2) is 53.5 Å². The fourth-order valence-corrected chi connectivity index (χ4v) is 3.00. The second kappa shape index (κ2) is 6.03. The van der Waals surface area contributed by atoms with Gasteiger partial charge in [0, 0.05) is 18.6 Å². The summed E-state index contributed by atoms with van der Waals surface area (Å²) in [6.07, 6.45) is 0.664. The molecule has 4 aromatic rings. The Balaban J connectivity index is 1.76. The van der Waals surface area contributed by atoms with Crippen molar-refractivity contribution in [2.24, 2.45) is 7.05 Å². The minimum absolute atomic E-state index is 0.0333. The predicted octanol–water partition coefficient (Wildman–Crippen LogP) is 2.85. The molecule has 130 valence electrons. The van der Waals surface area contributed by atoms with Gasteiger partial charge in [-0.2, -0.15) is 0 Å². The third-order valence-electron chi connectivity index (χ3n) is 4.35. The van der Waals surface area contributed by atoms with Gasteiger partial charge in [0.15, 0.2) is 0 Å². The van der Waals surface area contributed by atoms with E-state index in [0.29, 0.717) is 11.2 Å². The summed E-state index contributed by atoms with van der Waals surface area (Å²) in [5, 5.41) is 12.6. The number of aromatic amines is 1. The molecular formula is C19H16N4O3. The molecule has 2 heterocycles. The number of imidazole rings is 1. The highest BCUT2D eigenvalue weighted by Gasteiger charge is 2.08. The number of aromatic nitrogens is 3. The molecule has 0 saturated carbocycles. The number of aryl methyl sites for hydroxylation is 1. The molecule has 0 spiro atoms. The maximum Gasteiger partial charge on any atom is 0.405 e. The number of carbonyl (C=O) groups is 1. The Morgan fingerprint density at radius 3 is 2.77 bits per heavy atom. The smallest absolute Gasteiger partial charge is 0.405 e. The molecular weight excluding hydrogens is 332 g/mol. The summed E-state index contributed by atoms with van der Waals surface area (Å²) in [5.74, 6) is 0.548. The van der Waals surface area contributed by atoms with Gasteiger partial charge in [0.05, 0.1) is 17.6 Å². The van der Waals surface area contributed by atoms with E-state index in [1.54, 1.807) is 17.8 Å². The average Bonchev–Trinajstić information content (AvgIpc) is 3.05. The lowest BCUT2D eigenvalue weighted by molar-refractivity contribution is 0.193. The van der Waals surface area contributed by atoms with E-state index < -0.39 is 6.09 Å². The first-order valence-corrected chi connectivity index (χ1v) is 8.06. The van der Waals surface area contributed by atoms with Crippen molar-refractivity contribution < 1.29 is 9.90 Å². The summed E-state index contributed by atoms with van der Waals surface area (Å²) in [6.45, 7) is 0.116. The van der Waals surface area contributed by atoms with Crippen LogP contribution in [0.4, 0.5) is 4.79 Å². The van der Waals surface area contributed by atoms with Gasteiger partial charge in [0.2, 0.25) is 0 Å². The molecule has 0 atom stereocenters. The zero-order valence-electron chi connectivity index (χ0n) is 14.0. The Bertz CT molecular complexity index is 1210. The van der Waals surface area contributed by atoms with E-state index in [2.05, 4.69) is 15.3 Å². The number of pyridine rings is 1. The summed E-state index contributed by atoms with van der Waals surface area (Å²) < 4.78 is 1.56. The summed E-state index contributed by atoms with van der Waals surface area (Å²) >= 11 is 0. The Morgan fingerprint density at radius 2 is 1.96 bits per heavy atom. The third-order valence-corrected chi connectivity index (χ3v) is 4.35. The van der Waals surface area contributed by atoms with Crippen molar-refractivity contribution in [1.82, 2.24) is 19.9 Å². The van der Waals surface area contributed by atoms with Gasteiger partial charge < -0.3 is 20.0 Å². The average molecular weight is 348 g/mol. The highest BCUT2D eigenvalue weighted by Crippen LogP contribution is 2.25. The van der Waals surface area contributed by atoms with Crippen LogP contribution in [0.2, 0.25) is 0 Å². The molecule has 4 rings (SSSR count). The van der Waals surface area contributed by atoms with Gasteiger partial charge in [0.25, 0.3) is 5.56 Å². The Labute approximate surface area is 147 Å². The van der Waals surface area contributed by atoms with Crippen LogP contribution >= 0.6 is 0 Å². The highest BCUT2D eigenvalue weighted by molar-refractivity contribution is 5.89. The van der Waals surface area contributed by atoms with Crippen LogP contribution in [-0.2, 0) is 13.6 Å². The Hall–Kier alpha value is -3.61. The Kier molecular flexibility index (Phi) is 3.69. The van der Waals surface area contributed by atoms with E-state index in [4.69, 9.17) is 5.11 Å². The minimum Gasteiger partial charge on any atom is -0.465 e. The van der Waals surface area contributed by atoms with E-state index in [-0.39, 0.29) is 12.1 Å². The number of carboxylic acid groups (broad SMARTS) is 1. The standard InChI is InChI=1S/C19H16N4O3/c1-23-7-6-11-2-3-12(8-14(11)18(23)24)13-4-5-15-16(9-13)22-17(21-15)10-20-19(25)26/h2-9,20H,10H2,1H3,(H,21,22)(H,25,26). The molecule has 7 nitrogen and oxygen atoms in total. The van der Waals surface area contributed by atoms with Crippen molar-refractivity contribution in [3.05, 3.63) is 64.8 Å². The number of H-pyrrole nitrogens is 1. The SMILES string of the molecule is Cn1ccc2ccc(-c3ccc4nc(CNC(=O)O)[nH]c4c3)cc2c1=O. The van der Waals surface area contributed by atoms with Crippen LogP contribution < -0.4 is 10.9 Å². The quantitative estimate of drug-likeness (QED) is 0.530. The van der Waals surface area contributed by atoms with Crippen molar-refractivity contribution in [3.63, 3.8) is 0 Å². The number of rotatable bonds is 3. The molecule has 0 aliphatic heterocycles. The normalized spacial score (nSPS) is 11.1. The van der Waals surface area contributed by atoms with Crippen LogP contribution in [-0.4, -0.2) is 25.7 Å². The number of hydrogen-bond donors (Lipinski definition) is 3. The molecule has 0 fully saturated rings. The molecule has 0 aliphatic carbocycles. The van der Waals surface area contributed by atoms with E-state index in [9.17, 15) is 9.59 Å². The molecule has 26 heavy (non-hydrogen) atoms. The van der Waals surface area contributed by atoms with Gasteiger partial charge in [-0.15, -0.1) is 0 Å². The largest absolute Gasteiger partial charge is 0.465 e. The van der Waals surface area contributed by atoms with Crippen LogP contribution in [0.25, 0.3) is 32.9 Å². The summed E-state index contributed by atoms with van der Waals surface area (Å²) in [6, 6.07) is 13.5. The second-order valence-corrected chi connectivity index (χ2v) is 6.11. The van der Waals surface area contributed by atoms with Crippen molar-refractivity contribution in [2.75, 3.05) is 0 Å². The van der Waals surface area contributed by atoms with Crippen molar-refractivity contribution in [2.45, 2.75) is 6.54 Å². The number of benzene rings is 2. The molecule has 2 aromatic carbocycles. The number of nitrogens with zero attached hydrogens (tertiary/aromatic N) is 2. The number of amides is 1. The Morgan fingerprint density at radius 1 is 1.19 bits per heavy atom. The van der Waals surface area contributed by atoms with Crippen LogP contribution in [0, 0.1) is 0 Å². The molecule has 0 bridgehead atoms. The predicted molar refractivity (Wildman–Crippen MR) is 99.1 cm³/mol. The van der Waals surface area contributed by atoms with Gasteiger partial charge in [-0.05, 0) is 40.8 Å². The summed E-state index contributed by atoms with van der Waals surface area (Å²) in [5.41, 5.74) is 3.42. The fraction of sp³-hybridized carbons (Fsp3) is 0.105.